The topological polar surface area (TPSA) is 117 Å². The van der Waals surface area contributed by atoms with Crippen molar-refractivity contribution < 1.29 is 9.59 Å². The van der Waals surface area contributed by atoms with Gasteiger partial charge in [-0.25, -0.2) is 0 Å². The zero-order chi connectivity index (χ0) is 37.2. The van der Waals surface area contributed by atoms with Gasteiger partial charge in [-0.3, -0.25) is 23.9 Å². The maximum atomic E-state index is 13.8. The van der Waals surface area contributed by atoms with Crippen molar-refractivity contribution in [3.63, 3.8) is 0 Å². The highest BCUT2D eigenvalue weighted by atomic mass is 16.2. The summed E-state index contributed by atoms with van der Waals surface area (Å²) in [7, 11) is 3.91. The van der Waals surface area contributed by atoms with Crippen molar-refractivity contribution in [1.82, 2.24) is 42.7 Å². The molecule has 53 heavy (non-hydrogen) atoms. The van der Waals surface area contributed by atoms with Gasteiger partial charge in [0.1, 0.15) is 11.4 Å². The number of piperidine rings is 1. The van der Waals surface area contributed by atoms with Crippen LogP contribution in [0.4, 0.5) is 0 Å². The van der Waals surface area contributed by atoms with Gasteiger partial charge in [0.05, 0.1) is 33.5 Å². The Morgan fingerprint density at radius 3 is 1.83 bits per heavy atom. The van der Waals surface area contributed by atoms with Crippen molar-refractivity contribution in [2.24, 2.45) is 24.1 Å². The Labute approximate surface area is 308 Å². The zero-order valence-corrected chi connectivity index (χ0v) is 31.7. The van der Waals surface area contributed by atoms with Gasteiger partial charge in [0.15, 0.2) is 0 Å². The Kier molecular flexibility index (Phi) is 10.3. The minimum Gasteiger partial charge on any atom is -0.313 e. The summed E-state index contributed by atoms with van der Waals surface area (Å²) in [5.74, 6) is -0.658. The monoisotopic (exact) mass is 715 g/mol. The van der Waals surface area contributed by atoms with E-state index in [1.54, 1.807) is 21.5 Å². The molecular formula is C40H49N11O2. The average molecular weight is 716 g/mol. The molecule has 2 amide bonds. The predicted molar refractivity (Wildman–Crippen MR) is 205 cm³/mol. The van der Waals surface area contributed by atoms with Crippen molar-refractivity contribution in [2.45, 2.75) is 79.7 Å². The lowest BCUT2D eigenvalue weighted by Crippen LogP contribution is -2.29. The summed E-state index contributed by atoms with van der Waals surface area (Å²) < 4.78 is 11.6. The van der Waals surface area contributed by atoms with E-state index in [0.29, 0.717) is 48.8 Å². The molecule has 0 unspecified atom stereocenters. The van der Waals surface area contributed by atoms with Crippen LogP contribution in [-0.4, -0.2) is 67.6 Å². The third-order valence-electron chi connectivity index (χ3n) is 10.2. The van der Waals surface area contributed by atoms with Crippen molar-refractivity contribution >= 4 is 33.9 Å². The largest absolute Gasteiger partial charge is 0.313 e. The normalized spacial score (nSPS) is 14.8. The number of rotatable bonds is 10. The van der Waals surface area contributed by atoms with Gasteiger partial charge in [0, 0.05) is 46.8 Å². The molecule has 0 aliphatic carbocycles. The van der Waals surface area contributed by atoms with E-state index in [1.807, 2.05) is 75.2 Å². The van der Waals surface area contributed by atoms with Crippen LogP contribution in [0.25, 0.3) is 22.1 Å². The van der Waals surface area contributed by atoms with E-state index in [4.69, 9.17) is 4.99 Å². The molecule has 1 aliphatic heterocycles. The minimum atomic E-state index is -0.334. The molecule has 0 spiro atoms. The summed E-state index contributed by atoms with van der Waals surface area (Å²) in [6.07, 6.45) is 7.89. The molecule has 7 rings (SSSR count). The predicted octanol–water partition coefficient (Wildman–Crippen LogP) is 5.05. The molecule has 13 heteroatoms. The number of imidazole rings is 2. The smallest absolute Gasteiger partial charge is 0.298 e. The van der Waals surface area contributed by atoms with Crippen LogP contribution in [0.15, 0.2) is 76.7 Å². The van der Waals surface area contributed by atoms with Gasteiger partial charge >= 0.3 is 0 Å². The quantitative estimate of drug-likeness (QED) is 0.184. The van der Waals surface area contributed by atoms with Gasteiger partial charge in [0.25, 0.3) is 11.8 Å². The molecule has 1 aliphatic rings. The summed E-state index contributed by atoms with van der Waals surface area (Å²) in [6.45, 7) is 12.8. The first-order chi connectivity index (χ1) is 25.7. The van der Waals surface area contributed by atoms with E-state index in [9.17, 15) is 9.59 Å². The van der Waals surface area contributed by atoms with E-state index in [2.05, 4.69) is 59.6 Å². The van der Waals surface area contributed by atoms with Gasteiger partial charge in [0.2, 0.25) is 11.2 Å². The molecule has 0 saturated carbocycles. The van der Waals surface area contributed by atoms with E-state index < -0.39 is 0 Å². The number of likely N-dealkylation sites (tertiary alicyclic amines) is 1. The third kappa shape index (κ3) is 7.00. The fourth-order valence-electron chi connectivity index (χ4n) is 7.60. The van der Waals surface area contributed by atoms with E-state index in [-0.39, 0.29) is 11.8 Å². The van der Waals surface area contributed by atoms with Crippen LogP contribution in [0.3, 0.4) is 0 Å². The first-order valence-electron chi connectivity index (χ1n) is 18.6. The molecule has 276 valence electrons. The van der Waals surface area contributed by atoms with E-state index in [0.717, 1.165) is 53.1 Å². The number of aromatic nitrogens is 8. The molecule has 0 N–H and O–H groups in total. The molecule has 5 heterocycles. The standard InChI is InChI=1S/C40H49N11O2/c1-7-50-34(25-28(3)43-50)37(52)41-39-45(5)31-18-10-11-19-32(31)48(39)23-14-15-24-49-36-30(27-47-21-12-9-13-22-47)17-16-20-33(36)46(6)40(49)42-38(53)35-26-29(4)44-51(35)8-2/h10-11,14-20,25-26H,7-9,12-13,21-24,27H2,1-6H3/b15-14+,41-39+,42-40+. The second-order valence-corrected chi connectivity index (χ2v) is 13.8. The number of hydrogen-bond donors (Lipinski definition) is 0. The maximum Gasteiger partial charge on any atom is 0.298 e. The Morgan fingerprint density at radius 2 is 1.23 bits per heavy atom. The molecule has 13 nitrogen and oxygen atoms in total. The lowest BCUT2D eigenvalue weighted by atomic mass is 10.1. The second kappa shape index (κ2) is 15.2. The molecule has 1 saturated heterocycles. The molecule has 0 atom stereocenters. The molecule has 1 fully saturated rings. The van der Waals surface area contributed by atoms with Crippen LogP contribution in [0, 0.1) is 13.8 Å². The van der Waals surface area contributed by atoms with Gasteiger partial charge in [-0.15, -0.1) is 0 Å². The summed E-state index contributed by atoms with van der Waals surface area (Å²) in [6, 6.07) is 18.0. The number of amides is 2. The summed E-state index contributed by atoms with van der Waals surface area (Å²) >= 11 is 0. The summed E-state index contributed by atoms with van der Waals surface area (Å²) in [4.78, 5) is 39.3. The number of hydrogen-bond acceptors (Lipinski definition) is 5. The van der Waals surface area contributed by atoms with Crippen LogP contribution < -0.4 is 11.2 Å². The fourth-order valence-corrected chi connectivity index (χ4v) is 7.60. The molecule has 0 radical (unpaired) electrons. The Balaban J connectivity index is 1.29. The second-order valence-electron chi connectivity index (χ2n) is 13.8. The van der Waals surface area contributed by atoms with Gasteiger partial charge in [-0.1, -0.05) is 42.8 Å². The number of nitrogens with zero attached hydrogens (tertiary/aromatic N) is 11. The number of benzene rings is 2. The fraction of sp³-hybridized carbons (Fsp3) is 0.400. The van der Waals surface area contributed by atoms with Gasteiger partial charge in [-0.05, 0) is 89.5 Å². The highest BCUT2D eigenvalue weighted by molar-refractivity contribution is 5.94. The van der Waals surface area contributed by atoms with Crippen LogP contribution in [0.2, 0.25) is 0 Å². The molecule has 6 aromatic rings. The number of aryl methyl sites for hydroxylation is 6. The van der Waals surface area contributed by atoms with E-state index in [1.165, 1.54) is 24.8 Å². The average Bonchev–Trinajstić information content (AvgIpc) is 3.89. The molecular weight excluding hydrogens is 667 g/mol. The van der Waals surface area contributed by atoms with Crippen LogP contribution >= 0.6 is 0 Å². The van der Waals surface area contributed by atoms with Crippen molar-refractivity contribution in [1.29, 1.82) is 0 Å². The first kappa shape index (κ1) is 35.8. The Hall–Kier alpha value is -5.56. The lowest BCUT2D eigenvalue weighted by molar-refractivity contribution is 0.0977. The first-order valence-corrected chi connectivity index (χ1v) is 18.6. The van der Waals surface area contributed by atoms with Crippen molar-refractivity contribution in [3.05, 3.63) is 106 Å². The summed E-state index contributed by atoms with van der Waals surface area (Å²) in [5.41, 5.74) is 8.86. The molecule has 4 aromatic heterocycles. The highest BCUT2D eigenvalue weighted by Gasteiger charge is 2.20. The molecule has 2 aromatic carbocycles. The van der Waals surface area contributed by atoms with Crippen LogP contribution in [0.5, 0.6) is 0 Å². The van der Waals surface area contributed by atoms with Gasteiger partial charge < -0.3 is 18.3 Å². The highest BCUT2D eigenvalue weighted by Crippen LogP contribution is 2.22. The lowest BCUT2D eigenvalue weighted by Gasteiger charge is -2.26. The Morgan fingerprint density at radius 1 is 0.698 bits per heavy atom. The number of carbonyl (C=O) groups excluding carboxylic acids is 2. The van der Waals surface area contributed by atoms with E-state index >= 15 is 0 Å². The zero-order valence-electron chi connectivity index (χ0n) is 31.7. The minimum absolute atomic E-state index is 0.324. The maximum absolute atomic E-state index is 13.8. The number of fused-ring (bicyclic) bond motifs is 2. The number of para-hydroxylation sites is 3. The van der Waals surface area contributed by atoms with Crippen molar-refractivity contribution in [2.75, 3.05) is 13.1 Å². The number of carbonyl (C=O) groups is 2. The van der Waals surface area contributed by atoms with Gasteiger partial charge in [-0.2, -0.15) is 20.2 Å². The third-order valence-corrected chi connectivity index (χ3v) is 10.2. The summed E-state index contributed by atoms with van der Waals surface area (Å²) in [5, 5.41) is 8.95. The van der Waals surface area contributed by atoms with Crippen LogP contribution in [0.1, 0.15) is 71.0 Å². The number of allylic oxidation sites excluding steroid dienone is 2. The van der Waals surface area contributed by atoms with Crippen LogP contribution in [-0.2, 0) is 46.8 Å². The Bertz CT molecular complexity index is 2490. The SMILES string of the molecule is CCn1nc(C)cc1C(=O)/N=c1\n(C)c2ccccc2n1C/C=C/Cn1/c(=N/C(=O)c2cc(C)nn2CC)n(C)c2cccc(CN3CCCCC3)c21. The van der Waals surface area contributed by atoms with Crippen molar-refractivity contribution in [3.8, 4) is 0 Å². The molecule has 0 bridgehead atoms.